The van der Waals surface area contributed by atoms with E-state index in [1.165, 1.54) is 0 Å². The lowest BCUT2D eigenvalue weighted by molar-refractivity contribution is 0.450. The number of benzene rings is 1. The van der Waals surface area contributed by atoms with Crippen molar-refractivity contribution in [2.45, 2.75) is 44.1 Å². The van der Waals surface area contributed by atoms with Crippen molar-refractivity contribution in [3.8, 4) is 0 Å². The van der Waals surface area contributed by atoms with Crippen LogP contribution < -0.4 is 5.73 Å². The zero-order chi connectivity index (χ0) is 11.5. The minimum Gasteiger partial charge on any atom is -0.327 e. The van der Waals surface area contributed by atoms with Crippen LogP contribution in [0.4, 0.5) is 8.78 Å². The van der Waals surface area contributed by atoms with Gasteiger partial charge in [0.25, 0.3) is 0 Å². The molecule has 1 aliphatic carbocycles. The first-order valence-electron chi connectivity index (χ1n) is 5.89. The van der Waals surface area contributed by atoms with Crippen LogP contribution >= 0.6 is 0 Å². The molecule has 1 saturated carbocycles. The van der Waals surface area contributed by atoms with E-state index in [0.717, 1.165) is 38.2 Å². The second kappa shape index (κ2) is 4.91. The summed E-state index contributed by atoms with van der Waals surface area (Å²) in [5.74, 6) is -1.52. The van der Waals surface area contributed by atoms with Crippen LogP contribution in [-0.2, 0) is 0 Å². The van der Waals surface area contributed by atoms with E-state index in [2.05, 4.69) is 0 Å². The maximum Gasteiger partial charge on any atom is 0.162 e. The molecule has 0 aromatic heterocycles. The summed E-state index contributed by atoms with van der Waals surface area (Å²) < 4.78 is 26.8. The van der Waals surface area contributed by atoms with Crippen LogP contribution in [0, 0.1) is 11.6 Å². The Labute approximate surface area is 94.7 Å². The van der Waals surface area contributed by atoms with Crippen molar-refractivity contribution in [3.63, 3.8) is 0 Å². The normalized spacial score (nSPS) is 26.4. The molecular formula is C13H17F2N. The Morgan fingerprint density at radius 2 is 1.81 bits per heavy atom. The molecule has 1 aliphatic rings. The van der Waals surface area contributed by atoms with Gasteiger partial charge in [-0.3, -0.25) is 0 Å². The van der Waals surface area contributed by atoms with Crippen LogP contribution in [0.3, 0.4) is 0 Å². The summed E-state index contributed by atoms with van der Waals surface area (Å²) in [6, 6.07) is 4.33. The second-order valence-corrected chi connectivity index (χ2v) is 4.55. The minimum atomic E-state index is -0.769. The molecule has 0 spiro atoms. The fourth-order valence-electron chi connectivity index (χ4n) is 2.53. The molecule has 1 fully saturated rings. The Kier molecular flexibility index (Phi) is 3.54. The molecule has 0 saturated heterocycles. The maximum absolute atomic E-state index is 13.7. The van der Waals surface area contributed by atoms with Gasteiger partial charge in [-0.15, -0.1) is 0 Å². The van der Waals surface area contributed by atoms with Crippen LogP contribution in [0.5, 0.6) is 0 Å². The van der Waals surface area contributed by atoms with E-state index in [1.807, 2.05) is 0 Å². The van der Waals surface area contributed by atoms with Crippen molar-refractivity contribution in [1.29, 1.82) is 0 Å². The Morgan fingerprint density at radius 3 is 2.62 bits per heavy atom. The summed E-state index contributed by atoms with van der Waals surface area (Å²) in [6.07, 6.45) is 5.05. The van der Waals surface area contributed by atoms with E-state index in [1.54, 1.807) is 12.1 Å². The summed E-state index contributed by atoms with van der Waals surface area (Å²) >= 11 is 0. The summed E-state index contributed by atoms with van der Waals surface area (Å²) in [7, 11) is 0. The van der Waals surface area contributed by atoms with Gasteiger partial charge in [-0.1, -0.05) is 31.4 Å². The molecule has 0 heterocycles. The number of halogens is 2. The molecular weight excluding hydrogens is 208 g/mol. The average Bonchev–Trinajstić information content (AvgIpc) is 2.47. The largest absolute Gasteiger partial charge is 0.327 e. The van der Waals surface area contributed by atoms with Crippen molar-refractivity contribution in [2.75, 3.05) is 0 Å². The highest BCUT2D eigenvalue weighted by Gasteiger charge is 2.25. The van der Waals surface area contributed by atoms with E-state index in [0.29, 0.717) is 5.56 Å². The van der Waals surface area contributed by atoms with Gasteiger partial charge in [0.15, 0.2) is 11.6 Å². The molecule has 0 aliphatic heterocycles. The molecule has 1 nitrogen and oxygen atoms in total. The first-order chi connectivity index (χ1) is 7.70. The van der Waals surface area contributed by atoms with Gasteiger partial charge in [0, 0.05) is 12.0 Å². The summed E-state index contributed by atoms with van der Waals surface area (Å²) in [4.78, 5) is 0. The lowest BCUT2D eigenvalue weighted by Gasteiger charge is -2.22. The number of rotatable bonds is 1. The van der Waals surface area contributed by atoms with Crippen molar-refractivity contribution in [2.24, 2.45) is 5.73 Å². The van der Waals surface area contributed by atoms with Gasteiger partial charge in [0.1, 0.15) is 0 Å². The van der Waals surface area contributed by atoms with Crippen molar-refractivity contribution < 1.29 is 8.78 Å². The molecule has 2 unspecified atom stereocenters. The first kappa shape index (κ1) is 11.5. The molecule has 0 radical (unpaired) electrons. The maximum atomic E-state index is 13.7. The van der Waals surface area contributed by atoms with Gasteiger partial charge in [-0.25, -0.2) is 8.78 Å². The Bertz CT molecular complexity index is 365. The second-order valence-electron chi connectivity index (χ2n) is 4.55. The fraction of sp³-hybridized carbons (Fsp3) is 0.538. The van der Waals surface area contributed by atoms with Crippen LogP contribution in [0.15, 0.2) is 18.2 Å². The quantitative estimate of drug-likeness (QED) is 0.729. The Balaban J connectivity index is 2.30. The van der Waals surface area contributed by atoms with Crippen LogP contribution in [0.25, 0.3) is 0 Å². The fourth-order valence-corrected chi connectivity index (χ4v) is 2.53. The predicted octanol–water partition coefficient (Wildman–Crippen LogP) is 3.34. The molecule has 0 bridgehead atoms. The standard InChI is InChI=1S/C13H17F2N/c14-11-7-4-6-10(13(11)15)9-5-2-1-3-8-12(9)16/h4,6-7,9,12H,1-3,5,8,16H2. The zero-order valence-electron chi connectivity index (χ0n) is 9.26. The van der Waals surface area contributed by atoms with E-state index in [4.69, 9.17) is 5.73 Å². The van der Waals surface area contributed by atoms with Gasteiger partial charge in [-0.2, -0.15) is 0 Å². The number of hydrogen-bond donors (Lipinski definition) is 1. The highest BCUT2D eigenvalue weighted by atomic mass is 19.2. The molecule has 2 rings (SSSR count). The summed E-state index contributed by atoms with van der Waals surface area (Å²) in [6.45, 7) is 0. The SMILES string of the molecule is NC1CCCCCC1c1cccc(F)c1F. The lowest BCUT2D eigenvalue weighted by Crippen LogP contribution is -2.28. The third kappa shape index (κ3) is 2.24. The van der Waals surface area contributed by atoms with E-state index >= 15 is 0 Å². The predicted molar refractivity (Wildman–Crippen MR) is 60.2 cm³/mol. The highest BCUT2D eigenvalue weighted by Crippen LogP contribution is 2.32. The zero-order valence-corrected chi connectivity index (χ0v) is 9.26. The third-order valence-electron chi connectivity index (χ3n) is 3.45. The smallest absolute Gasteiger partial charge is 0.162 e. The molecule has 3 heteroatoms. The summed E-state index contributed by atoms with van der Waals surface area (Å²) in [5, 5.41) is 0. The summed E-state index contributed by atoms with van der Waals surface area (Å²) in [5.41, 5.74) is 6.49. The van der Waals surface area contributed by atoms with E-state index in [9.17, 15) is 8.78 Å². The lowest BCUT2D eigenvalue weighted by atomic mass is 9.88. The van der Waals surface area contributed by atoms with Crippen LogP contribution in [0.1, 0.15) is 43.6 Å². The van der Waals surface area contributed by atoms with Crippen molar-refractivity contribution in [3.05, 3.63) is 35.4 Å². The molecule has 0 amide bonds. The number of nitrogens with two attached hydrogens (primary N) is 1. The van der Waals surface area contributed by atoms with Gasteiger partial charge in [0.05, 0.1) is 0 Å². The van der Waals surface area contributed by atoms with E-state index in [-0.39, 0.29) is 12.0 Å². The number of hydrogen-bond acceptors (Lipinski definition) is 1. The molecule has 2 N–H and O–H groups in total. The molecule has 88 valence electrons. The monoisotopic (exact) mass is 225 g/mol. The van der Waals surface area contributed by atoms with Crippen LogP contribution in [-0.4, -0.2) is 6.04 Å². The van der Waals surface area contributed by atoms with Crippen molar-refractivity contribution >= 4 is 0 Å². The van der Waals surface area contributed by atoms with E-state index < -0.39 is 11.6 Å². The third-order valence-corrected chi connectivity index (χ3v) is 3.45. The molecule has 1 aromatic rings. The molecule has 2 atom stereocenters. The van der Waals surface area contributed by atoms with Gasteiger partial charge >= 0.3 is 0 Å². The molecule has 16 heavy (non-hydrogen) atoms. The highest BCUT2D eigenvalue weighted by molar-refractivity contribution is 5.24. The topological polar surface area (TPSA) is 26.0 Å². The van der Waals surface area contributed by atoms with Gasteiger partial charge in [-0.05, 0) is 24.5 Å². The Hall–Kier alpha value is -0.960. The average molecular weight is 225 g/mol. The molecule has 1 aromatic carbocycles. The first-order valence-corrected chi connectivity index (χ1v) is 5.89. The van der Waals surface area contributed by atoms with Gasteiger partial charge in [0.2, 0.25) is 0 Å². The minimum absolute atomic E-state index is 0.0294. The van der Waals surface area contributed by atoms with Gasteiger partial charge < -0.3 is 5.73 Å². The Morgan fingerprint density at radius 1 is 1.06 bits per heavy atom. The van der Waals surface area contributed by atoms with Crippen LogP contribution in [0.2, 0.25) is 0 Å². The van der Waals surface area contributed by atoms with Crippen molar-refractivity contribution in [1.82, 2.24) is 0 Å².